The predicted octanol–water partition coefficient (Wildman–Crippen LogP) is 3.35. The number of nitrogens with one attached hydrogen (secondary N) is 1. The third-order valence-electron chi connectivity index (χ3n) is 3.44. The normalized spacial score (nSPS) is 10.5. The highest BCUT2D eigenvalue weighted by Gasteiger charge is 2.12. The van der Waals surface area contributed by atoms with Crippen molar-refractivity contribution in [2.24, 2.45) is 0 Å². The van der Waals surface area contributed by atoms with E-state index in [-0.39, 0.29) is 12.4 Å². The Kier molecular flexibility index (Phi) is 4.59. The largest absolute Gasteiger partial charge is 0.395 e. The number of aromatic nitrogens is 2. The zero-order valence-electron chi connectivity index (χ0n) is 12.4. The van der Waals surface area contributed by atoms with Crippen molar-refractivity contribution in [3.63, 3.8) is 0 Å². The molecule has 23 heavy (non-hydrogen) atoms. The van der Waals surface area contributed by atoms with Gasteiger partial charge in [0, 0.05) is 35.6 Å². The van der Waals surface area contributed by atoms with Gasteiger partial charge in [0.1, 0.15) is 5.82 Å². The van der Waals surface area contributed by atoms with Crippen LogP contribution in [0.5, 0.6) is 0 Å². The van der Waals surface area contributed by atoms with Gasteiger partial charge in [-0.1, -0.05) is 48.5 Å². The summed E-state index contributed by atoms with van der Waals surface area (Å²) in [5, 5.41) is 11.6. The number of rotatable bonds is 5. The first-order valence-electron chi connectivity index (χ1n) is 7.30. The Morgan fingerprint density at radius 1 is 0.870 bits per heavy atom. The van der Waals surface area contributed by atoms with Crippen molar-refractivity contribution >= 4 is 5.95 Å². The summed E-state index contributed by atoms with van der Waals surface area (Å²) in [6.07, 6.45) is 3.14. The van der Waals surface area contributed by atoms with Crippen molar-refractivity contribution in [3.05, 3.63) is 66.7 Å². The third kappa shape index (κ3) is 3.35. The van der Waals surface area contributed by atoms with Crippen molar-refractivity contribution in [2.45, 2.75) is 0 Å². The zero-order valence-corrected chi connectivity index (χ0v) is 12.4. The van der Waals surface area contributed by atoms with Gasteiger partial charge in [0.05, 0.1) is 6.61 Å². The van der Waals surface area contributed by atoms with Crippen molar-refractivity contribution in [1.82, 2.24) is 9.97 Å². The summed E-state index contributed by atoms with van der Waals surface area (Å²) in [6, 6.07) is 14.7. The van der Waals surface area contributed by atoms with Gasteiger partial charge in [0.2, 0.25) is 5.95 Å². The van der Waals surface area contributed by atoms with Crippen LogP contribution in [-0.2, 0) is 0 Å². The van der Waals surface area contributed by atoms with Crippen molar-refractivity contribution in [2.75, 3.05) is 18.5 Å². The Morgan fingerprint density at radius 2 is 1.52 bits per heavy atom. The number of halogens is 1. The van der Waals surface area contributed by atoms with E-state index in [9.17, 15) is 4.39 Å². The minimum atomic E-state index is -0.293. The summed E-state index contributed by atoms with van der Waals surface area (Å²) in [4.78, 5) is 8.27. The van der Waals surface area contributed by atoms with Gasteiger partial charge in [-0.3, -0.25) is 0 Å². The maximum atomic E-state index is 14.8. The van der Waals surface area contributed by atoms with Crippen LogP contribution in [0, 0.1) is 5.82 Å². The standard InChI is InChI=1S/C18H16FN3O/c19-17-15(13-5-2-1-3-6-13)7-4-8-16(17)14-11-21-18(22-12-14)20-9-10-23/h1-8,11-12,23H,9-10H2,(H,20,21,22). The van der Waals surface area contributed by atoms with Crippen LogP contribution in [0.4, 0.5) is 10.3 Å². The van der Waals surface area contributed by atoms with Crippen molar-refractivity contribution < 1.29 is 9.50 Å². The molecule has 1 heterocycles. The highest BCUT2D eigenvalue weighted by molar-refractivity contribution is 5.73. The smallest absolute Gasteiger partial charge is 0.222 e. The zero-order chi connectivity index (χ0) is 16.1. The summed E-state index contributed by atoms with van der Waals surface area (Å²) >= 11 is 0. The Bertz CT molecular complexity index is 776. The second kappa shape index (κ2) is 6.98. The number of aliphatic hydroxyl groups excluding tert-OH is 1. The minimum absolute atomic E-state index is 0.00113. The monoisotopic (exact) mass is 309 g/mol. The summed E-state index contributed by atoms with van der Waals surface area (Å²) in [7, 11) is 0. The molecular weight excluding hydrogens is 293 g/mol. The number of anilines is 1. The molecule has 0 radical (unpaired) electrons. The van der Waals surface area contributed by atoms with Crippen molar-refractivity contribution in [3.8, 4) is 22.3 Å². The Labute approximate surface area is 133 Å². The number of hydrogen-bond donors (Lipinski definition) is 2. The van der Waals surface area contributed by atoms with Crippen LogP contribution in [0.25, 0.3) is 22.3 Å². The quantitative estimate of drug-likeness (QED) is 0.759. The molecule has 1 aromatic heterocycles. The minimum Gasteiger partial charge on any atom is -0.395 e. The van der Waals surface area contributed by atoms with E-state index in [2.05, 4.69) is 15.3 Å². The molecule has 2 aromatic carbocycles. The predicted molar refractivity (Wildman–Crippen MR) is 88.4 cm³/mol. The maximum absolute atomic E-state index is 14.8. The lowest BCUT2D eigenvalue weighted by Crippen LogP contribution is -2.08. The molecule has 0 spiro atoms. The molecule has 0 unspecified atom stereocenters. The fourth-order valence-corrected chi connectivity index (χ4v) is 2.32. The van der Waals surface area contributed by atoms with E-state index in [1.165, 1.54) is 0 Å². The van der Waals surface area contributed by atoms with Crippen molar-refractivity contribution in [1.29, 1.82) is 0 Å². The lowest BCUT2D eigenvalue weighted by Gasteiger charge is -2.09. The summed E-state index contributed by atoms with van der Waals surface area (Å²) in [6.45, 7) is 0.371. The van der Waals surface area contributed by atoms with Gasteiger partial charge in [-0.05, 0) is 5.56 Å². The molecular formula is C18H16FN3O. The fraction of sp³-hybridized carbons (Fsp3) is 0.111. The van der Waals surface area contributed by atoms with Crippen LogP contribution >= 0.6 is 0 Å². The van der Waals surface area contributed by atoms with Gasteiger partial charge in [0.25, 0.3) is 0 Å². The average molecular weight is 309 g/mol. The van der Waals surface area contributed by atoms with Crippen LogP contribution in [0.15, 0.2) is 60.9 Å². The van der Waals surface area contributed by atoms with E-state index in [0.29, 0.717) is 29.2 Å². The summed E-state index contributed by atoms with van der Waals surface area (Å²) in [5.41, 5.74) is 2.44. The molecule has 0 amide bonds. The van der Waals surface area contributed by atoms with Gasteiger partial charge in [-0.25, -0.2) is 14.4 Å². The number of benzene rings is 2. The first-order chi connectivity index (χ1) is 11.3. The average Bonchev–Trinajstić information content (AvgIpc) is 2.61. The second-order valence-electron chi connectivity index (χ2n) is 4.98. The lowest BCUT2D eigenvalue weighted by molar-refractivity contribution is 0.311. The lowest BCUT2D eigenvalue weighted by atomic mass is 9.99. The number of hydrogen-bond acceptors (Lipinski definition) is 4. The molecule has 4 nitrogen and oxygen atoms in total. The van der Waals surface area contributed by atoms with E-state index in [0.717, 1.165) is 5.56 Å². The molecule has 5 heteroatoms. The van der Waals surface area contributed by atoms with Crippen LogP contribution in [-0.4, -0.2) is 28.2 Å². The van der Waals surface area contributed by atoms with Gasteiger partial charge in [0.15, 0.2) is 0 Å². The first kappa shape index (κ1) is 15.1. The number of aliphatic hydroxyl groups is 1. The Morgan fingerprint density at radius 3 is 2.17 bits per heavy atom. The molecule has 0 bridgehead atoms. The molecule has 0 aliphatic heterocycles. The molecule has 3 rings (SSSR count). The van der Waals surface area contributed by atoms with Crippen LogP contribution < -0.4 is 5.32 Å². The van der Waals surface area contributed by atoms with E-state index in [1.807, 2.05) is 36.4 Å². The molecule has 0 atom stereocenters. The molecule has 0 saturated heterocycles. The first-order valence-corrected chi connectivity index (χ1v) is 7.30. The highest BCUT2D eigenvalue weighted by Crippen LogP contribution is 2.30. The molecule has 116 valence electrons. The Balaban J connectivity index is 1.94. The summed E-state index contributed by atoms with van der Waals surface area (Å²) < 4.78 is 14.8. The topological polar surface area (TPSA) is 58.0 Å². The van der Waals surface area contributed by atoms with E-state index in [1.54, 1.807) is 24.5 Å². The molecule has 0 aliphatic carbocycles. The van der Waals surface area contributed by atoms with Crippen LogP contribution in [0.2, 0.25) is 0 Å². The van der Waals surface area contributed by atoms with Gasteiger partial charge < -0.3 is 10.4 Å². The number of nitrogens with zero attached hydrogens (tertiary/aromatic N) is 2. The van der Waals surface area contributed by atoms with Gasteiger partial charge >= 0.3 is 0 Å². The maximum Gasteiger partial charge on any atom is 0.222 e. The van der Waals surface area contributed by atoms with Gasteiger partial charge in [-0.2, -0.15) is 0 Å². The fourth-order valence-electron chi connectivity index (χ4n) is 2.32. The summed E-state index contributed by atoms with van der Waals surface area (Å²) in [5.74, 6) is 0.112. The van der Waals surface area contributed by atoms with E-state index >= 15 is 0 Å². The highest BCUT2D eigenvalue weighted by atomic mass is 19.1. The molecule has 0 saturated carbocycles. The van der Waals surface area contributed by atoms with E-state index < -0.39 is 0 Å². The molecule has 0 aliphatic rings. The molecule has 2 N–H and O–H groups in total. The molecule has 0 fully saturated rings. The SMILES string of the molecule is OCCNc1ncc(-c2cccc(-c3ccccc3)c2F)cn1. The van der Waals surface area contributed by atoms with Gasteiger partial charge in [-0.15, -0.1) is 0 Å². The van der Waals surface area contributed by atoms with E-state index in [4.69, 9.17) is 5.11 Å². The molecule has 3 aromatic rings. The van der Waals surface area contributed by atoms with Crippen LogP contribution in [0.3, 0.4) is 0 Å². The second-order valence-corrected chi connectivity index (χ2v) is 4.98. The van der Waals surface area contributed by atoms with Crippen LogP contribution in [0.1, 0.15) is 0 Å². The Hall–Kier alpha value is -2.79. The third-order valence-corrected chi connectivity index (χ3v) is 3.44.